The van der Waals surface area contributed by atoms with Crippen LogP contribution in [0.1, 0.15) is 40.8 Å². The van der Waals surface area contributed by atoms with E-state index in [2.05, 4.69) is 10.6 Å². The highest BCUT2D eigenvalue weighted by Gasteiger charge is 2.34. The van der Waals surface area contributed by atoms with Gasteiger partial charge in [0.1, 0.15) is 30.7 Å². The summed E-state index contributed by atoms with van der Waals surface area (Å²) in [7, 11) is 8.12. The van der Waals surface area contributed by atoms with Crippen LogP contribution in [0.5, 0.6) is 0 Å². The van der Waals surface area contributed by atoms with Crippen molar-refractivity contribution in [2.45, 2.75) is 32.3 Å². The van der Waals surface area contributed by atoms with Gasteiger partial charge in [-0.3, -0.25) is 14.4 Å². The molecule has 2 radical (unpaired) electrons. The first-order valence-corrected chi connectivity index (χ1v) is 9.85. The van der Waals surface area contributed by atoms with E-state index in [1.165, 1.54) is 4.90 Å². The smallest absolute Gasteiger partial charge is 0.256 e. The molecule has 2 N–H and O–H groups in total. The van der Waals surface area contributed by atoms with Gasteiger partial charge in [-0.05, 0) is 37.6 Å². The fourth-order valence-corrected chi connectivity index (χ4v) is 3.83. The molecule has 3 aromatic rings. The van der Waals surface area contributed by atoms with Gasteiger partial charge in [0.2, 0.25) is 0 Å². The molecule has 0 spiro atoms. The summed E-state index contributed by atoms with van der Waals surface area (Å²) in [6.07, 6.45) is 0.401. The molecule has 0 aliphatic carbocycles. The summed E-state index contributed by atoms with van der Waals surface area (Å²) in [5, 5.41) is 6.38. The van der Waals surface area contributed by atoms with E-state index in [9.17, 15) is 14.4 Å². The van der Waals surface area contributed by atoms with Crippen LogP contribution in [0.2, 0.25) is 5.02 Å². The Morgan fingerprint density at radius 1 is 1.17 bits per heavy atom. The number of benzene rings is 1. The van der Waals surface area contributed by atoms with E-state index in [4.69, 9.17) is 23.9 Å². The van der Waals surface area contributed by atoms with Crippen molar-refractivity contribution in [3.8, 4) is 0 Å². The molecule has 1 unspecified atom stereocenters. The van der Waals surface area contributed by atoms with Crippen molar-refractivity contribution in [3.05, 3.63) is 72.4 Å². The second-order valence-corrected chi connectivity index (χ2v) is 7.91. The maximum absolute atomic E-state index is 12.6. The van der Waals surface area contributed by atoms with Crippen LogP contribution < -0.4 is 21.5 Å². The molecule has 30 heavy (non-hydrogen) atoms. The largest absolute Gasteiger partial charge is 0.465 e. The zero-order valence-corrected chi connectivity index (χ0v) is 17.5. The Morgan fingerprint density at radius 2 is 1.87 bits per heavy atom. The fraction of sp³-hybridized carbons (Fsp3) is 0.286. The molecule has 9 heteroatoms. The molecule has 1 amide bonds. The number of carbonyl (C=O) groups is 1. The molecule has 1 atom stereocenters. The standard InChI is InChI=1S/C21H19BClN3O4/c1-4-21(22,14-8-5-10(2)30-14)25-17-16(18(27)19(17)28)24-13-7-6-12(23)11-9-26(3)20(29)15(11)13/h5-8,24-25H,4,9H2,1-3H3. The second-order valence-electron chi connectivity index (χ2n) is 7.50. The number of nitrogens with zero attached hydrogens (tertiary/aromatic N) is 1. The third-order valence-electron chi connectivity index (χ3n) is 5.47. The zero-order chi connectivity index (χ0) is 21.8. The van der Waals surface area contributed by atoms with Crippen molar-refractivity contribution in [3.63, 3.8) is 0 Å². The van der Waals surface area contributed by atoms with E-state index in [0.717, 1.165) is 0 Å². The second kappa shape index (κ2) is 7.06. The molecule has 2 aromatic carbocycles. The van der Waals surface area contributed by atoms with Gasteiger partial charge < -0.3 is 20.0 Å². The predicted octanol–water partition coefficient (Wildman–Crippen LogP) is 3.01. The number of rotatable bonds is 6. The van der Waals surface area contributed by atoms with Crippen LogP contribution in [0.15, 0.2) is 38.3 Å². The number of amides is 1. The molecular weight excluding hydrogens is 405 g/mol. The highest BCUT2D eigenvalue weighted by Crippen LogP contribution is 2.37. The topological polar surface area (TPSA) is 91.6 Å². The number of hydrogen-bond donors (Lipinski definition) is 2. The van der Waals surface area contributed by atoms with Crippen molar-refractivity contribution in [2.24, 2.45) is 0 Å². The molecule has 0 bridgehead atoms. The van der Waals surface area contributed by atoms with Gasteiger partial charge in [-0.2, -0.15) is 0 Å². The summed E-state index contributed by atoms with van der Waals surface area (Å²) in [5.41, 5.74) is -0.959. The lowest BCUT2D eigenvalue weighted by molar-refractivity contribution is 0.0817. The Hall–Kier alpha value is -3.00. The summed E-state index contributed by atoms with van der Waals surface area (Å²) in [4.78, 5) is 38.7. The minimum atomic E-state index is -1.18. The van der Waals surface area contributed by atoms with Crippen molar-refractivity contribution < 1.29 is 9.21 Å². The van der Waals surface area contributed by atoms with Gasteiger partial charge in [0, 0.05) is 24.2 Å². The molecule has 0 saturated heterocycles. The average molecular weight is 424 g/mol. The van der Waals surface area contributed by atoms with E-state index < -0.39 is 16.3 Å². The summed E-state index contributed by atoms with van der Waals surface area (Å²) >= 11 is 6.23. The van der Waals surface area contributed by atoms with Crippen molar-refractivity contribution >= 4 is 42.4 Å². The quantitative estimate of drug-likeness (QED) is 0.468. The zero-order valence-electron chi connectivity index (χ0n) is 16.8. The number of halogens is 1. The molecule has 0 fully saturated rings. The van der Waals surface area contributed by atoms with E-state index in [-0.39, 0.29) is 17.3 Å². The Balaban J connectivity index is 1.71. The van der Waals surface area contributed by atoms with Crippen molar-refractivity contribution in [1.29, 1.82) is 0 Å². The molecule has 0 saturated carbocycles. The van der Waals surface area contributed by atoms with E-state index >= 15 is 0 Å². The molecule has 152 valence electrons. The summed E-state index contributed by atoms with van der Waals surface area (Å²) < 4.78 is 5.63. The summed E-state index contributed by atoms with van der Waals surface area (Å²) in [5.74, 6) is 0.916. The van der Waals surface area contributed by atoms with Crippen LogP contribution >= 0.6 is 11.6 Å². The summed E-state index contributed by atoms with van der Waals surface area (Å²) in [6, 6.07) is 6.77. The normalized spacial score (nSPS) is 15.3. The van der Waals surface area contributed by atoms with Crippen LogP contribution in [-0.4, -0.2) is 25.7 Å². The minimum absolute atomic E-state index is 0.0541. The number of hydrogen-bond acceptors (Lipinski definition) is 6. The van der Waals surface area contributed by atoms with Gasteiger partial charge in [0.05, 0.1) is 16.7 Å². The average Bonchev–Trinajstić information content (AvgIpc) is 3.30. The first-order chi connectivity index (χ1) is 14.2. The van der Waals surface area contributed by atoms with E-state index in [1.54, 1.807) is 38.2 Å². The van der Waals surface area contributed by atoms with Crippen LogP contribution in [0.4, 0.5) is 17.1 Å². The number of carbonyl (C=O) groups excluding carboxylic acids is 1. The number of nitrogens with one attached hydrogen (secondary N) is 2. The number of aryl methyl sites for hydroxylation is 1. The van der Waals surface area contributed by atoms with Gasteiger partial charge in [0.15, 0.2) is 0 Å². The Morgan fingerprint density at radius 3 is 2.50 bits per heavy atom. The maximum atomic E-state index is 12.6. The van der Waals surface area contributed by atoms with Crippen LogP contribution in [0.25, 0.3) is 0 Å². The SMILES string of the molecule is [B]C(CC)(Nc1c(Nc2ccc(Cl)c3c2C(=O)N(C)C3)c(=O)c1=O)c1ccc(C)o1. The molecule has 2 heterocycles. The molecule has 4 rings (SSSR count). The van der Waals surface area contributed by atoms with Crippen LogP contribution in [0.3, 0.4) is 0 Å². The third-order valence-corrected chi connectivity index (χ3v) is 5.82. The number of fused-ring (bicyclic) bond motifs is 1. The Bertz CT molecular complexity index is 1240. The highest BCUT2D eigenvalue weighted by molar-refractivity contribution is 6.32. The van der Waals surface area contributed by atoms with Gasteiger partial charge in [-0.25, -0.2) is 0 Å². The lowest BCUT2D eigenvalue weighted by Crippen LogP contribution is -2.44. The van der Waals surface area contributed by atoms with Gasteiger partial charge in [-0.1, -0.05) is 18.5 Å². The van der Waals surface area contributed by atoms with Gasteiger partial charge >= 0.3 is 0 Å². The predicted molar refractivity (Wildman–Crippen MR) is 117 cm³/mol. The van der Waals surface area contributed by atoms with Gasteiger partial charge in [-0.15, -0.1) is 0 Å². The fourth-order valence-electron chi connectivity index (χ4n) is 3.61. The molecule has 7 nitrogen and oxygen atoms in total. The van der Waals surface area contributed by atoms with Crippen LogP contribution in [-0.2, 0) is 12.0 Å². The van der Waals surface area contributed by atoms with E-state index in [1.807, 2.05) is 6.92 Å². The monoisotopic (exact) mass is 423 g/mol. The lowest BCUT2D eigenvalue weighted by atomic mass is 9.73. The molecule has 1 aliphatic heterocycles. The van der Waals surface area contributed by atoms with Gasteiger partial charge in [0.25, 0.3) is 16.8 Å². The third kappa shape index (κ3) is 3.03. The van der Waals surface area contributed by atoms with Crippen LogP contribution in [0, 0.1) is 6.92 Å². The Kier molecular flexibility index (Phi) is 4.77. The first-order valence-electron chi connectivity index (χ1n) is 9.47. The lowest BCUT2D eigenvalue weighted by Gasteiger charge is -2.31. The molecule has 1 aliphatic rings. The maximum Gasteiger partial charge on any atom is 0.256 e. The summed E-state index contributed by atoms with van der Waals surface area (Å²) in [6.45, 7) is 4.00. The van der Waals surface area contributed by atoms with E-state index in [0.29, 0.717) is 46.3 Å². The Labute approximate surface area is 179 Å². The first kappa shape index (κ1) is 20.3. The number of anilines is 3. The minimum Gasteiger partial charge on any atom is -0.465 e. The highest BCUT2D eigenvalue weighted by atomic mass is 35.5. The molecular formula is C21H19BClN3O4. The van der Waals surface area contributed by atoms with Crippen molar-refractivity contribution in [2.75, 3.05) is 17.7 Å². The number of furan rings is 1. The van der Waals surface area contributed by atoms with Crippen molar-refractivity contribution in [1.82, 2.24) is 4.90 Å². The molecule has 1 aromatic heterocycles.